The van der Waals surface area contributed by atoms with Gasteiger partial charge in [-0.25, -0.2) is 9.50 Å². The highest BCUT2D eigenvalue weighted by Crippen LogP contribution is 2.32. The fourth-order valence-electron chi connectivity index (χ4n) is 3.77. The van der Waals surface area contributed by atoms with E-state index in [1.807, 2.05) is 30.9 Å². The van der Waals surface area contributed by atoms with Crippen molar-refractivity contribution in [3.05, 3.63) is 63.0 Å². The first-order chi connectivity index (χ1) is 13.0. The van der Waals surface area contributed by atoms with Gasteiger partial charge in [-0.05, 0) is 52.2 Å². The van der Waals surface area contributed by atoms with Crippen molar-refractivity contribution in [1.82, 2.24) is 24.5 Å². The summed E-state index contributed by atoms with van der Waals surface area (Å²) < 4.78 is 1.48. The molecule has 7 nitrogen and oxygen atoms in total. The van der Waals surface area contributed by atoms with Gasteiger partial charge in [-0.2, -0.15) is 0 Å². The van der Waals surface area contributed by atoms with Gasteiger partial charge in [0.1, 0.15) is 0 Å². The zero-order chi connectivity index (χ0) is 19.1. The van der Waals surface area contributed by atoms with Crippen molar-refractivity contribution in [2.75, 3.05) is 6.54 Å². The second kappa shape index (κ2) is 6.64. The molecule has 0 aromatic carbocycles. The lowest BCUT2D eigenvalue weighted by Gasteiger charge is -2.35. The summed E-state index contributed by atoms with van der Waals surface area (Å²) >= 11 is 0. The Balaban J connectivity index is 1.76. The van der Waals surface area contributed by atoms with Gasteiger partial charge in [0.15, 0.2) is 5.65 Å². The van der Waals surface area contributed by atoms with Crippen LogP contribution in [0, 0.1) is 20.8 Å². The molecule has 0 spiro atoms. The number of piperidine rings is 1. The molecule has 4 rings (SSSR count). The lowest BCUT2D eigenvalue weighted by atomic mass is 9.98. The number of fused-ring (bicyclic) bond motifs is 1. The zero-order valence-corrected chi connectivity index (χ0v) is 15.8. The quantitative estimate of drug-likeness (QED) is 0.757. The first-order valence-electron chi connectivity index (χ1n) is 9.29. The highest BCUT2D eigenvalue weighted by atomic mass is 16.2. The van der Waals surface area contributed by atoms with E-state index in [1.54, 1.807) is 19.2 Å². The van der Waals surface area contributed by atoms with Crippen LogP contribution in [-0.2, 0) is 0 Å². The number of hydrogen-bond donors (Lipinski definition) is 1. The second-order valence-electron chi connectivity index (χ2n) is 7.18. The van der Waals surface area contributed by atoms with E-state index in [9.17, 15) is 9.59 Å². The van der Waals surface area contributed by atoms with Crippen LogP contribution in [0.1, 0.15) is 58.3 Å². The van der Waals surface area contributed by atoms with Crippen LogP contribution in [0.2, 0.25) is 0 Å². The molecule has 1 unspecified atom stereocenters. The minimum Gasteiger partial charge on any atom is -0.330 e. The Morgan fingerprint density at radius 2 is 2.04 bits per heavy atom. The number of hydrogen-bond acceptors (Lipinski definition) is 4. The molecule has 1 amide bonds. The number of nitrogens with zero attached hydrogens (tertiary/aromatic N) is 4. The maximum Gasteiger partial charge on any atom is 0.275 e. The van der Waals surface area contributed by atoms with Crippen molar-refractivity contribution >= 4 is 11.6 Å². The number of aromatic amines is 1. The number of amides is 1. The number of aromatic nitrogens is 4. The van der Waals surface area contributed by atoms with Gasteiger partial charge in [-0.15, -0.1) is 0 Å². The van der Waals surface area contributed by atoms with Gasteiger partial charge in [0.2, 0.25) is 0 Å². The van der Waals surface area contributed by atoms with Crippen LogP contribution in [0.3, 0.4) is 0 Å². The van der Waals surface area contributed by atoms with Crippen LogP contribution < -0.4 is 5.56 Å². The Kier molecular flexibility index (Phi) is 4.30. The van der Waals surface area contributed by atoms with E-state index >= 15 is 0 Å². The van der Waals surface area contributed by atoms with Crippen molar-refractivity contribution in [1.29, 1.82) is 0 Å². The minimum atomic E-state index is -0.104. The lowest BCUT2D eigenvalue weighted by Crippen LogP contribution is -2.39. The fourth-order valence-corrected chi connectivity index (χ4v) is 3.77. The van der Waals surface area contributed by atoms with Gasteiger partial charge < -0.3 is 4.90 Å². The zero-order valence-electron chi connectivity index (χ0n) is 15.8. The molecule has 7 heteroatoms. The first kappa shape index (κ1) is 17.5. The molecule has 27 heavy (non-hydrogen) atoms. The van der Waals surface area contributed by atoms with Crippen molar-refractivity contribution in [3.63, 3.8) is 0 Å². The van der Waals surface area contributed by atoms with E-state index in [0.29, 0.717) is 23.3 Å². The van der Waals surface area contributed by atoms with Gasteiger partial charge in [-0.1, -0.05) is 0 Å². The smallest absolute Gasteiger partial charge is 0.275 e. The van der Waals surface area contributed by atoms with Gasteiger partial charge in [0, 0.05) is 35.8 Å². The fraction of sp³-hybridized carbons (Fsp3) is 0.400. The molecule has 0 bridgehead atoms. The van der Waals surface area contributed by atoms with E-state index in [-0.39, 0.29) is 17.5 Å². The number of nitrogens with one attached hydrogen (secondary N) is 1. The summed E-state index contributed by atoms with van der Waals surface area (Å²) in [5.41, 5.74) is 4.06. The molecule has 1 aliphatic heterocycles. The van der Waals surface area contributed by atoms with Crippen LogP contribution in [0.4, 0.5) is 0 Å². The average Bonchev–Trinajstić information content (AvgIpc) is 3.10. The third kappa shape index (κ3) is 2.93. The number of carbonyl (C=O) groups excluding carboxylic acids is 1. The number of carbonyl (C=O) groups is 1. The molecule has 1 fully saturated rings. The normalized spacial score (nSPS) is 17.4. The molecule has 0 radical (unpaired) electrons. The number of pyridine rings is 1. The van der Waals surface area contributed by atoms with E-state index in [1.165, 1.54) is 4.52 Å². The van der Waals surface area contributed by atoms with Crippen molar-refractivity contribution in [3.8, 4) is 0 Å². The van der Waals surface area contributed by atoms with Gasteiger partial charge >= 0.3 is 0 Å². The SMILES string of the molecule is Cc1ncccc1C(=O)N1CCCCC1c1cc2nc(C)c(C)c(=O)n2[nH]1. The van der Waals surface area contributed by atoms with Gasteiger partial charge in [0.25, 0.3) is 11.5 Å². The summed E-state index contributed by atoms with van der Waals surface area (Å²) in [4.78, 5) is 36.4. The minimum absolute atomic E-state index is 0.0170. The summed E-state index contributed by atoms with van der Waals surface area (Å²) in [6, 6.07) is 5.39. The van der Waals surface area contributed by atoms with E-state index in [4.69, 9.17) is 0 Å². The van der Waals surface area contributed by atoms with Crippen molar-refractivity contribution in [2.45, 2.75) is 46.1 Å². The molecular weight excluding hydrogens is 342 g/mol. The molecule has 3 aromatic heterocycles. The molecular formula is C20H23N5O2. The Morgan fingerprint density at radius 1 is 1.22 bits per heavy atom. The maximum atomic E-state index is 13.2. The van der Waals surface area contributed by atoms with Crippen molar-refractivity contribution in [2.24, 2.45) is 0 Å². The summed E-state index contributed by atoms with van der Waals surface area (Å²) in [5, 5.41) is 3.18. The summed E-state index contributed by atoms with van der Waals surface area (Å²) in [5.74, 6) is -0.0170. The monoisotopic (exact) mass is 365 g/mol. The van der Waals surface area contributed by atoms with Crippen LogP contribution in [0.15, 0.2) is 29.2 Å². The van der Waals surface area contributed by atoms with Gasteiger partial charge in [-0.3, -0.25) is 19.7 Å². The Labute approximate surface area is 157 Å². The van der Waals surface area contributed by atoms with Crippen LogP contribution in [0.25, 0.3) is 5.65 Å². The molecule has 1 N–H and O–H groups in total. The van der Waals surface area contributed by atoms with E-state index in [2.05, 4.69) is 15.1 Å². The van der Waals surface area contributed by atoms with Crippen LogP contribution in [-0.4, -0.2) is 36.9 Å². The van der Waals surface area contributed by atoms with Crippen LogP contribution in [0.5, 0.6) is 0 Å². The molecule has 1 aliphatic rings. The number of H-pyrrole nitrogens is 1. The van der Waals surface area contributed by atoms with E-state index < -0.39 is 0 Å². The molecule has 1 atom stereocenters. The molecule has 1 saturated heterocycles. The number of aryl methyl sites for hydroxylation is 2. The Morgan fingerprint density at radius 3 is 2.81 bits per heavy atom. The highest BCUT2D eigenvalue weighted by molar-refractivity contribution is 5.95. The topological polar surface area (TPSA) is 83.4 Å². The molecule has 4 heterocycles. The molecule has 140 valence electrons. The lowest BCUT2D eigenvalue weighted by molar-refractivity contribution is 0.0604. The average molecular weight is 365 g/mol. The third-order valence-electron chi connectivity index (χ3n) is 5.46. The predicted molar refractivity (Wildman–Crippen MR) is 102 cm³/mol. The summed E-state index contributed by atoms with van der Waals surface area (Å²) in [6.45, 7) is 6.15. The van der Waals surface area contributed by atoms with E-state index in [0.717, 1.165) is 36.3 Å². The Bertz CT molecular complexity index is 1080. The Hall–Kier alpha value is -2.96. The standard InChI is InChI=1S/C20H23N5O2/c1-12-13(2)22-18-11-16(23-25(18)19(12)26)17-8-4-5-10-24(17)20(27)15-7-6-9-21-14(15)3/h6-7,9,11,17,23H,4-5,8,10H2,1-3H3. The summed E-state index contributed by atoms with van der Waals surface area (Å²) in [6.07, 6.45) is 4.55. The second-order valence-corrected chi connectivity index (χ2v) is 7.18. The molecule has 0 aliphatic carbocycles. The number of rotatable bonds is 2. The van der Waals surface area contributed by atoms with Crippen LogP contribution >= 0.6 is 0 Å². The third-order valence-corrected chi connectivity index (χ3v) is 5.46. The predicted octanol–water partition coefficient (Wildman–Crippen LogP) is 2.71. The number of likely N-dealkylation sites (tertiary alicyclic amines) is 1. The van der Waals surface area contributed by atoms with Crippen molar-refractivity contribution < 1.29 is 4.79 Å². The first-order valence-corrected chi connectivity index (χ1v) is 9.29. The highest BCUT2D eigenvalue weighted by Gasteiger charge is 2.31. The largest absolute Gasteiger partial charge is 0.330 e. The summed E-state index contributed by atoms with van der Waals surface area (Å²) in [7, 11) is 0. The van der Waals surface area contributed by atoms with Gasteiger partial charge in [0.05, 0.1) is 17.3 Å². The molecule has 0 saturated carbocycles. The maximum absolute atomic E-state index is 13.2. The molecule has 3 aromatic rings.